The van der Waals surface area contributed by atoms with E-state index in [4.69, 9.17) is 4.74 Å². The van der Waals surface area contributed by atoms with Crippen LogP contribution in [0.4, 0.5) is 0 Å². The monoisotopic (exact) mass is 357 g/mol. The Morgan fingerprint density at radius 3 is 2.92 bits per heavy atom. The maximum Gasteiger partial charge on any atom is 0.191 e. The van der Waals surface area contributed by atoms with Crippen LogP contribution in [0.5, 0.6) is 0 Å². The summed E-state index contributed by atoms with van der Waals surface area (Å²) >= 11 is 0. The van der Waals surface area contributed by atoms with Crippen molar-refractivity contribution in [1.29, 1.82) is 0 Å². The first-order valence-corrected chi connectivity index (χ1v) is 9.12. The normalized spacial score (nSPS) is 15.8. The Labute approximate surface area is 154 Å². The number of pyridine rings is 1. The fourth-order valence-electron chi connectivity index (χ4n) is 2.76. The largest absolute Gasteiger partial charge is 0.379 e. The number of rotatable bonds is 7. The average Bonchev–Trinajstić information content (AvgIpc) is 3.22. The molecule has 3 heterocycles. The van der Waals surface area contributed by atoms with E-state index in [-0.39, 0.29) is 0 Å². The lowest BCUT2D eigenvalue weighted by molar-refractivity contribution is 0.0389. The van der Waals surface area contributed by atoms with Crippen LogP contribution in [0.1, 0.15) is 12.5 Å². The Kier molecular flexibility index (Phi) is 6.97. The van der Waals surface area contributed by atoms with Crippen molar-refractivity contribution in [2.45, 2.75) is 13.5 Å². The summed E-state index contributed by atoms with van der Waals surface area (Å²) in [6.07, 6.45) is 5.42. The Morgan fingerprint density at radius 1 is 1.27 bits per heavy atom. The zero-order valence-electron chi connectivity index (χ0n) is 15.3. The fraction of sp³-hybridized carbons (Fsp3) is 0.500. The van der Waals surface area contributed by atoms with Gasteiger partial charge in [-0.05, 0) is 30.7 Å². The lowest BCUT2D eigenvalue weighted by Crippen LogP contribution is -2.44. The molecular formula is C18H27N7O. The average molecular weight is 357 g/mol. The highest BCUT2D eigenvalue weighted by Gasteiger charge is 2.09. The third-order valence-electron chi connectivity index (χ3n) is 4.14. The van der Waals surface area contributed by atoms with Crippen LogP contribution in [0.2, 0.25) is 0 Å². The summed E-state index contributed by atoms with van der Waals surface area (Å²) in [6, 6.07) is 5.87. The quantitative estimate of drug-likeness (QED) is 0.560. The molecule has 0 bridgehead atoms. The maximum atomic E-state index is 5.38. The Balaban J connectivity index is 1.54. The van der Waals surface area contributed by atoms with Gasteiger partial charge in [0.25, 0.3) is 0 Å². The fourth-order valence-corrected chi connectivity index (χ4v) is 2.76. The molecule has 140 valence electrons. The van der Waals surface area contributed by atoms with E-state index in [0.717, 1.165) is 63.3 Å². The first kappa shape index (κ1) is 18.3. The molecule has 0 radical (unpaired) electrons. The molecular weight excluding hydrogens is 330 g/mol. The van der Waals surface area contributed by atoms with Crippen molar-refractivity contribution in [3.63, 3.8) is 0 Å². The van der Waals surface area contributed by atoms with E-state index in [0.29, 0.717) is 6.54 Å². The molecule has 0 aromatic carbocycles. The number of morpholine rings is 1. The van der Waals surface area contributed by atoms with Gasteiger partial charge in [0.05, 0.1) is 19.8 Å². The predicted octanol–water partition coefficient (Wildman–Crippen LogP) is 0.655. The van der Waals surface area contributed by atoms with Gasteiger partial charge >= 0.3 is 0 Å². The summed E-state index contributed by atoms with van der Waals surface area (Å²) in [7, 11) is 0. The molecule has 8 nitrogen and oxygen atoms in total. The Hall–Kier alpha value is -2.45. The van der Waals surface area contributed by atoms with Crippen LogP contribution in [-0.2, 0) is 11.3 Å². The number of nitrogens with zero attached hydrogens (tertiary/aromatic N) is 5. The minimum absolute atomic E-state index is 0.587. The van der Waals surface area contributed by atoms with Gasteiger partial charge in [-0.25, -0.2) is 14.7 Å². The molecule has 2 aromatic heterocycles. The van der Waals surface area contributed by atoms with Crippen molar-refractivity contribution in [2.24, 2.45) is 4.99 Å². The summed E-state index contributed by atoms with van der Waals surface area (Å²) in [4.78, 5) is 11.4. The van der Waals surface area contributed by atoms with Crippen LogP contribution in [0.15, 0.2) is 41.8 Å². The molecule has 0 atom stereocenters. The molecule has 0 spiro atoms. The third-order valence-corrected chi connectivity index (χ3v) is 4.14. The maximum absolute atomic E-state index is 5.38. The van der Waals surface area contributed by atoms with E-state index in [1.807, 2.05) is 24.4 Å². The standard InChI is InChI=1S/C18H27N7O/c1-2-19-18(21-7-9-24-10-12-26-13-11-24)22-15-16-4-6-20-17(14-16)25-8-3-5-23-25/h3-6,8,14H,2,7,9-13,15H2,1H3,(H2,19,21,22). The highest BCUT2D eigenvalue weighted by atomic mass is 16.5. The Bertz CT molecular complexity index is 681. The lowest BCUT2D eigenvalue weighted by Gasteiger charge is -2.26. The van der Waals surface area contributed by atoms with Crippen LogP contribution in [0.3, 0.4) is 0 Å². The number of hydrogen-bond donors (Lipinski definition) is 2. The van der Waals surface area contributed by atoms with Crippen molar-refractivity contribution in [3.8, 4) is 5.82 Å². The molecule has 1 aliphatic heterocycles. The second-order valence-corrected chi connectivity index (χ2v) is 6.05. The van der Waals surface area contributed by atoms with Crippen molar-refractivity contribution >= 4 is 5.96 Å². The molecule has 1 saturated heterocycles. The van der Waals surface area contributed by atoms with Gasteiger partial charge < -0.3 is 15.4 Å². The van der Waals surface area contributed by atoms with Gasteiger partial charge in [0.2, 0.25) is 0 Å². The highest BCUT2D eigenvalue weighted by Crippen LogP contribution is 2.07. The molecule has 2 aromatic rings. The molecule has 1 fully saturated rings. The molecule has 26 heavy (non-hydrogen) atoms. The van der Waals surface area contributed by atoms with Crippen molar-refractivity contribution < 1.29 is 4.74 Å². The summed E-state index contributed by atoms with van der Waals surface area (Å²) in [5.74, 6) is 1.63. The lowest BCUT2D eigenvalue weighted by atomic mass is 10.2. The van der Waals surface area contributed by atoms with E-state index >= 15 is 0 Å². The molecule has 0 unspecified atom stereocenters. The number of ether oxygens (including phenoxy) is 1. The summed E-state index contributed by atoms with van der Waals surface area (Å²) < 4.78 is 7.13. The number of hydrogen-bond acceptors (Lipinski definition) is 5. The second-order valence-electron chi connectivity index (χ2n) is 6.05. The number of nitrogens with one attached hydrogen (secondary N) is 2. The van der Waals surface area contributed by atoms with Crippen LogP contribution < -0.4 is 10.6 Å². The number of aliphatic imine (C=N–C) groups is 1. The van der Waals surface area contributed by atoms with Gasteiger partial charge in [-0.3, -0.25) is 4.90 Å². The van der Waals surface area contributed by atoms with Crippen LogP contribution >= 0.6 is 0 Å². The molecule has 1 aliphatic rings. The van der Waals surface area contributed by atoms with Gasteiger partial charge in [-0.1, -0.05) is 0 Å². The Morgan fingerprint density at radius 2 is 2.15 bits per heavy atom. The molecule has 0 saturated carbocycles. The first-order valence-electron chi connectivity index (χ1n) is 9.12. The summed E-state index contributed by atoms with van der Waals surface area (Å²) in [5, 5.41) is 10.9. The molecule has 3 rings (SSSR count). The zero-order valence-corrected chi connectivity index (χ0v) is 15.3. The van der Waals surface area contributed by atoms with Crippen molar-refractivity contribution in [2.75, 3.05) is 45.9 Å². The van der Waals surface area contributed by atoms with Crippen LogP contribution in [0.25, 0.3) is 5.82 Å². The molecule has 0 amide bonds. The summed E-state index contributed by atoms with van der Waals surface area (Å²) in [6.45, 7) is 9.01. The minimum Gasteiger partial charge on any atom is -0.379 e. The molecule has 2 N–H and O–H groups in total. The van der Waals surface area contributed by atoms with Gasteiger partial charge in [0, 0.05) is 51.3 Å². The van der Waals surface area contributed by atoms with E-state index in [1.54, 1.807) is 17.1 Å². The highest BCUT2D eigenvalue weighted by molar-refractivity contribution is 5.79. The molecule has 0 aliphatic carbocycles. The number of guanidine groups is 1. The van der Waals surface area contributed by atoms with Crippen molar-refractivity contribution in [3.05, 3.63) is 42.4 Å². The van der Waals surface area contributed by atoms with Crippen LogP contribution in [-0.4, -0.2) is 71.6 Å². The second kappa shape index (κ2) is 9.88. The van der Waals surface area contributed by atoms with Gasteiger partial charge in [-0.15, -0.1) is 0 Å². The third kappa shape index (κ3) is 5.53. The molecule has 8 heteroatoms. The predicted molar refractivity (Wildman–Crippen MR) is 101 cm³/mol. The smallest absolute Gasteiger partial charge is 0.191 e. The van der Waals surface area contributed by atoms with Gasteiger partial charge in [0.1, 0.15) is 0 Å². The summed E-state index contributed by atoms with van der Waals surface area (Å²) in [5.41, 5.74) is 1.09. The van der Waals surface area contributed by atoms with E-state index in [2.05, 4.69) is 37.5 Å². The van der Waals surface area contributed by atoms with Crippen LogP contribution in [0, 0.1) is 0 Å². The van der Waals surface area contributed by atoms with E-state index in [1.165, 1.54) is 0 Å². The minimum atomic E-state index is 0.587. The van der Waals surface area contributed by atoms with Gasteiger partial charge in [0.15, 0.2) is 11.8 Å². The van der Waals surface area contributed by atoms with Gasteiger partial charge in [-0.2, -0.15) is 5.10 Å². The van der Waals surface area contributed by atoms with E-state index < -0.39 is 0 Å². The zero-order chi connectivity index (χ0) is 18.0. The van der Waals surface area contributed by atoms with Crippen molar-refractivity contribution in [1.82, 2.24) is 30.3 Å². The SMILES string of the molecule is CCNC(=NCc1ccnc(-n2cccn2)c1)NCCN1CCOCC1. The van der Waals surface area contributed by atoms with E-state index in [9.17, 15) is 0 Å². The first-order chi connectivity index (χ1) is 12.8. The number of aromatic nitrogens is 3. The topological polar surface area (TPSA) is 79.6 Å².